The van der Waals surface area contributed by atoms with Gasteiger partial charge < -0.3 is 9.47 Å². The fourth-order valence-corrected chi connectivity index (χ4v) is 2.35. The van der Waals surface area contributed by atoms with Gasteiger partial charge in [0.1, 0.15) is 0 Å². The lowest BCUT2D eigenvalue weighted by Gasteiger charge is -2.18. The van der Waals surface area contributed by atoms with Crippen molar-refractivity contribution < 1.29 is 9.47 Å². The van der Waals surface area contributed by atoms with Gasteiger partial charge in [0.05, 0.1) is 18.9 Å². The quantitative estimate of drug-likeness (QED) is 0.677. The summed E-state index contributed by atoms with van der Waals surface area (Å²) in [5, 5.41) is 0. The standard InChI is InChI=1S/C21H27NO2/c1-15(2)24-20-16(8-7-9-19(20)23-6)14-22-18-12-10-17(11-13-18)21(3,4)5/h7-15H,1-6H3. The van der Waals surface area contributed by atoms with Crippen LogP contribution in [0.3, 0.4) is 0 Å². The molecule has 0 spiro atoms. The maximum Gasteiger partial charge on any atom is 0.170 e. The molecule has 0 saturated carbocycles. The fourth-order valence-electron chi connectivity index (χ4n) is 2.35. The Balaban J connectivity index is 2.28. The molecule has 2 aromatic rings. The minimum absolute atomic E-state index is 0.0690. The van der Waals surface area contributed by atoms with Crippen LogP contribution in [0.2, 0.25) is 0 Å². The third-order valence-electron chi connectivity index (χ3n) is 3.67. The van der Waals surface area contributed by atoms with Crippen LogP contribution in [0, 0.1) is 0 Å². The molecule has 0 fully saturated rings. The first kappa shape index (κ1) is 18.1. The van der Waals surface area contributed by atoms with Crippen molar-refractivity contribution in [1.29, 1.82) is 0 Å². The van der Waals surface area contributed by atoms with Gasteiger partial charge in [-0.15, -0.1) is 0 Å². The van der Waals surface area contributed by atoms with Gasteiger partial charge in [0.15, 0.2) is 11.5 Å². The number of para-hydroxylation sites is 1. The van der Waals surface area contributed by atoms with Crippen LogP contribution in [0.25, 0.3) is 0 Å². The molecule has 2 aromatic carbocycles. The van der Waals surface area contributed by atoms with Crippen LogP contribution in [-0.2, 0) is 5.41 Å². The minimum Gasteiger partial charge on any atom is -0.493 e. The van der Waals surface area contributed by atoms with Gasteiger partial charge in [-0.1, -0.05) is 39.0 Å². The molecule has 3 nitrogen and oxygen atoms in total. The zero-order valence-corrected chi connectivity index (χ0v) is 15.5. The van der Waals surface area contributed by atoms with E-state index in [-0.39, 0.29) is 11.5 Å². The van der Waals surface area contributed by atoms with E-state index in [1.54, 1.807) is 7.11 Å². The molecule has 2 rings (SSSR count). The monoisotopic (exact) mass is 325 g/mol. The maximum atomic E-state index is 5.90. The van der Waals surface area contributed by atoms with E-state index in [0.717, 1.165) is 22.7 Å². The second-order valence-electron chi connectivity index (χ2n) is 7.10. The highest BCUT2D eigenvalue weighted by Gasteiger charge is 2.13. The van der Waals surface area contributed by atoms with Crippen molar-refractivity contribution in [2.45, 2.75) is 46.1 Å². The predicted octanol–water partition coefficient (Wildman–Crippen LogP) is 5.53. The van der Waals surface area contributed by atoms with E-state index in [9.17, 15) is 0 Å². The van der Waals surface area contributed by atoms with Gasteiger partial charge in [-0.25, -0.2) is 0 Å². The number of hydrogen-bond acceptors (Lipinski definition) is 3. The molecular weight excluding hydrogens is 298 g/mol. The first-order chi connectivity index (χ1) is 11.3. The SMILES string of the molecule is COc1cccc(C=Nc2ccc(C(C)(C)C)cc2)c1OC(C)C. The molecule has 0 saturated heterocycles. The van der Waals surface area contributed by atoms with Crippen molar-refractivity contribution in [1.82, 2.24) is 0 Å². The summed E-state index contributed by atoms with van der Waals surface area (Å²) < 4.78 is 11.3. The molecule has 0 bridgehead atoms. The molecule has 3 heteroatoms. The molecule has 0 radical (unpaired) electrons. The van der Waals surface area contributed by atoms with E-state index >= 15 is 0 Å². The highest BCUT2D eigenvalue weighted by atomic mass is 16.5. The van der Waals surface area contributed by atoms with Gasteiger partial charge in [-0.2, -0.15) is 0 Å². The summed E-state index contributed by atoms with van der Waals surface area (Å²) in [6.07, 6.45) is 1.89. The van der Waals surface area contributed by atoms with Crippen molar-refractivity contribution in [3.63, 3.8) is 0 Å². The molecule has 24 heavy (non-hydrogen) atoms. The molecule has 0 aliphatic heterocycles. The van der Waals surface area contributed by atoms with Crippen LogP contribution in [-0.4, -0.2) is 19.4 Å². The number of benzene rings is 2. The lowest BCUT2D eigenvalue weighted by atomic mass is 9.87. The van der Waals surface area contributed by atoms with Crippen LogP contribution in [0.4, 0.5) is 5.69 Å². The molecule has 0 aliphatic rings. The molecule has 0 N–H and O–H groups in total. The second kappa shape index (κ2) is 7.52. The van der Waals surface area contributed by atoms with Crippen LogP contribution in [0.5, 0.6) is 11.5 Å². The lowest BCUT2D eigenvalue weighted by molar-refractivity contribution is 0.230. The van der Waals surface area contributed by atoms with Crippen molar-refractivity contribution in [3.8, 4) is 11.5 Å². The Kier molecular flexibility index (Phi) is 5.66. The minimum atomic E-state index is 0.0690. The Morgan fingerprint density at radius 1 is 1.00 bits per heavy atom. The third kappa shape index (κ3) is 4.60. The van der Waals surface area contributed by atoms with Crippen LogP contribution < -0.4 is 9.47 Å². The Morgan fingerprint density at radius 2 is 1.67 bits per heavy atom. The number of aliphatic imine (C=N–C) groups is 1. The number of methoxy groups -OCH3 is 1. The second-order valence-corrected chi connectivity index (χ2v) is 7.10. The Morgan fingerprint density at radius 3 is 2.21 bits per heavy atom. The molecule has 0 unspecified atom stereocenters. The van der Waals surface area contributed by atoms with Gasteiger partial charge in [0.2, 0.25) is 0 Å². The summed E-state index contributed by atoms with van der Waals surface area (Å²) in [7, 11) is 1.65. The van der Waals surface area contributed by atoms with Crippen molar-refractivity contribution in [2.24, 2.45) is 4.99 Å². The molecular formula is C21H27NO2. The maximum absolute atomic E-state index is 5.90. The fraction of sp³-hybridized carbons (Fsp3) is 0.381. The molecule has 0 amide bonds. The summed E-state index contributed by atoms with van der Waals surface area (Å²) in [5.74, 6) is 1.45. The number of rotatable bonds is 5. The van der Waals surface area contributed by atoms with Gasteiger partial charge in [-0.3, -0.25) is 4.99 Å². The zero-order chi connectivity index (χ0) is 17.7. The first-order valence-corrected chi connectivity index (χ1v) is 8.29. The molecule has 128 valence electrons. The molecule has 0 heterocycles. The van der Waals surface area contributed by atoms with E-state index in [0.29, 0.717) is 0 Å². The summed E-state index contributed by atoms with van der Waals surface area (Å²) in [5.41, 5.74) is 3.27. The Labute approximate surface area is 145 Å². The topological polar surface area (TPSA) is 30.8 Å². The molecule has 0 aliphatic carbocycles. The van der Waals surface area contributed by atoms with Gasteiger partial charge >= 0.3 is 0 Å². The van der Waals surface area contributed by atoms with Crippen molar-refractivity contribution >= 4 is 11.9 Å². The highest BCUT2D eigenvalue weighted by molar-refractivity contribution is 5.86. The van der Waals surface area contributed by atoms with Crippen LogP contribution in [0.15, 0.2) is 47.5 Å². The van der Waals surface area contributed by atoms with Crippen molar-refractivity contribution in [2.75, 3.05) is 7.11 Å². The Hall–Kier alpha value is -2.29. The van der Waals surface area contributed by atoms with E-state index in [1.807, 2.05) is 50.4 Å². The number of nitrogens with zero attached hydrogens (tertiary/aromatic N) is 1. The average Bonchev–Trinajstić information content (AvgIpc) is 2.53. The van der Waals surface area contributed by atoms with E-state index < -0.39 is 0 Å². The summed E-state index contributed by atoms with van der Waals surface area (Å²) >= 11 is 0. The van der Waals surface area contributed by atoms with Gasteiger partial charge in [0.25, 0.3) is 0 Å². The largest absolute Gasteiger partial charge is 0.493 e. The van der Waals surface area contributed by atoms with Gasteiger partial charge in [-0.05, 0) is 49.1 Å². The number of hydrogen-bond donors (Lipinski definition) is 0. The highest BCUT2D eigenvalue weighted by Crippen LogP contribution is 2.31. The summed E-state index contributed by atoms with van der Waals surface area (Å²) in [6, 6.07) is 14.2. The normalized spacial score (nSPS) is 12.0. The first-order valence-electron chi connectivity index (χ1n) is 8.29. The predicted molar refractivity (Wildman–Crippen MR) is 101 cm³/mol. The van der Waals surface area contributed by atoms with E-state index in [1.165, 1.54) is 5.56 Å². The molecule has 0 aromatic heterocycles. The number of ether oxygens (including phenoxy) is 2. The zero-order valence-electron chi connectivity index (χ0n) is 15.5. The smallest absolute Gasteiger partial charge is 0.170 e. The molecule has 0 atom stereocenters. The Bertz CT molecular complexity index is 695. The van der Waals surface area contributed by atoms with E-state index in [2.05, 4.69) is 37.9 Å². The van der Waals surface area contributed by atoms with Gasteiger partial charge in [0, 0.05) is 11.8 Å². The summed E-state index contributed by atoms with van der Waals surface area (Å²) in [6.45, 7) is 10.6. The third-order valence-corrected chi connectivity index (χ3v) is 3.67. The summed E-state index contributed by atoms with van der Waals surface area (Å²) in [4.78, 5) is 4.58. The van der Waals surface area contributed by atoms with Crippen LogP contribution in [0.1, 0.15) is 45.7 Å². The van der Waals surface area contributed by atoms with Crippen molar-refractivity contribution in [3.05, 3.63) is 53.6 Å². The average molecular weight is 325 g/mol. The lowest BCUT2D eigenvalue weighted by Crippen LogP contribution is -2.10. The van der Waals surface area contributed by atoms with E-state index in [4.69, 9.17) is 9.47 Å². The van der Waals surface area contributed by atoms with Crippen LogP contribution >= 0.6 is 0 Å².